The lowest BCUT2D eigenvalue weighted by molar-refractivity contribution is 0.453. The van der Waals surface area contributed by atoms with Crippen LogP contribution >= 0.6 is 0 Å². The first-order valence-electron chi connectivity index (χ1n) is 6.36. The third-order valence-corrected chi connectivity index (χ3v) is 2.67. The van der Waals surface area contributed by atoms with Gasteiger partial charge in [-0.15, -0.1) is 0 Å². The summed E-state index contributed by atoms with van der Waals surface area (Å²) in [5, 5.41) is 6.38. The lowest BCUT2D eigenvalue weighted by atomic mass is 10.3. The molecule has 1 unspecified atom stereocenters. The summed E-state index contributed by atoms with van der Waals surface area (Å²) in [5.74, 6) is 2.86. The normalized spacial score (nSPS) is 12.2. The van der Waals surface area contributed by atoms with Crippen LogP contribution in [0.4, 0.5) is 11.8 Å². The molecule has 0 aliphatic carbocycles. The van der Waals surface area contributed by atoms with E-state index < -0.39 is 0 Å². The van der Waals surface area contributed by atoms with Crippen molar-refractivity contribution in [2.24, 2.45) is 0 Å². The van der Waals surface area contributed by atoms with E-state index in [4.69, 9.17) is 4.42 Å². The quantitative estimate of drug-likeness (QED) is 0.861. The van der Waals surface area contributed by atoms with Crippen LogP contribution < -0.4 is 10.6 Å². The summed E-state index contributed by atoms with van der Waals surface area (Å²) in [6.45, 7) is 8.62. The number of anilines is 2. The SMILES string of the molecule is CCNc1ncc(C)c(NC(C)c2ncc(C)o2)n1. The molecule has 0 saturated heterocycles. The molecule has 0 aliphatic heterocycles. The van der Waals surface area contributed by atoms with Crippen LogP contribution in [0.1, 0.15) is 37.1 Å². The van der Waals surface area contributed by atoms with Crippen molar-refractivity contribution in [2.75, 3.05) is 17.2 Å². The Bertz CT molecular complexity index is 552. The fraction of sp³-hybridized carbons (Fsp3) is 0.462. The summed E-state index contributed by atoms with van der Waals surface area (Å²) in [7, 11) is 0. The molecular formula is C13H19N5O. The molecule has 2 N–H and O–H groups in total. The van der Waals surface area contributed by atoms with Gasteiger partial charge in [0.25, 0.3) is 0 Å². The monoisotopic (exact) mass is 261 g/mol. The summed E-state index contributed by atoms with van der Waals surface area (Å²) in [4.78, 5) is 12.9. The molecule has 2 aromatic heterocycles. The Morgan fingerprint density at radius 2 is 2.05 bits per heavy atom. The molecule has 0 aromatic carbocycles. The maximum absolute atomic E-state index is 5.50. The molecule has 0 bridgehead atoms. The maximum Gasteiger partial charge on any atom is 0.224 e. The van der Waals surface area contributed by atoms with Crippen LogP contribution in [0.2, 0.25) is 0 Å². The minimum atomic E-state index is -0.0447. The van der Waals surface area contributed by atoms with E-state index in [0.29, 0.717) is 11.8 Å². The van der Waals surface area contributed by atoms with Crippen LogP contribution in [0, 0.1) is 13.8 Å². The first kappa shape index (κ1) is 13.3. The highest BCUT2D eigenvalue weighted by Gasteiger charge is 2.13. The molecule has 1 atom stereocenters. The highest BCUT2D eigenvalue weighted by atomic mass is 16.4. The highest BCUT2D eigenvalue weighted by molar-refractivity contribution is 5.47. The number of rotatable bonds is 5. The Morgan fingerprint density at radius 1 is 1.26 bits per heavy atom. The molecule has 102 valence electrons. The summed E-state index contributed by atoms with van der Waals surface area (Å²) in [6, 6.07) is -0.0447. The molecule has 0 radical (unpaired) electrons. The Labute approximate surface area is 112 Å². The van der Waals surface area contributed by atoms with Crippen LogP contribution in [0.25, 0.3) is 0 Å². The topological polar surface area (TPSA) is 75.9 Å². The number of nitrogens with one attached hydrogen (secondary N) is 2. The molecular weight excluding hydrogens is 242 g/mol. The fourth-order valence-corrected chi connectivity index (χ4v) is 1.67. The van der Waals surface area contributed by atoms with Gasteiger partial charge in [-0.05, 0) is 27.7 Å². The molecule has 6 heteroatoms. The molecule has 2 rings (SSSR count). The van der Waals surface area contributed by atoms with Gasteiger partial charge in [-0.25, -0.2) is 9.97 Å². The molecule has 6 nitrogen and oxygen atoms in total. The lowest BCUT2D eigenvalue weighted by Crippen LogP contribution is -2.11. The summed E-state index contributed by atoms with van der Waals surface area (Å²) < 4.78 is 5.50. The zero-order valence-electron chi connectivity index (χ0n) is 11.7. The number of aromatic nitrogens is 3. The van der Waals surface area contributed by atoms with Crippen LogP contribution in [0.5, 0.6) is 0 Å². The van der Waals surface area contributed by atoms with Gasteiger partial charge >= 0.3 is 0 Å². The first-order chi connectivity index (χ1) is 9.10. The molecule has 2 aromatic rings. The number of oxazole rings is 1. The summed E-state index contributed by atoms with van der Waals surface area (Å²) >= 11 is 0. The summed E-state index contributed by atoms with van der Waals surface area (Å²) in [6.07, 6.45) is 3.51. The molecule has 2 heterocycles. The van der Waals surface area contributed by atoms with Gasteiger partial charge in [-0.2, -0.15) is 4.98 Å². The molecule has 0 aliphatic rings. The number of hydrogen-bond donors (Lipinski definition) is 2. The predicted molar refractivity (Wildman–Crippen MR) is 74.2 cm³/mol. The van der Waals surface area contributed by atoms with Crippen molar-refractivity contribution in [1.29, 1.82) is 0 Å². The van der Waals surface area contributed by atoms with Crippen molar-refractivity contribution in [3.63, 3.8) is 0 Å². The van der Waals surface area contributed by atoms with Crippen molar-refractivity contribution in [2.45, 2.75) is 33.7 Å². The van der Waals surface area contributed by atoms with Crippen molar-refractivity contribution in [1.82, 2.24) is 15.0 Å². The van der Waals surface area contributed by atoms with Gasteiger partial charge in [0.05, 0.1) is 6.20 Å². The standard InChI is InChI=1S/C13H19N5O/c1-5-14-13-16-6-8(2)11(18-13)17-10(4)12-15-7-9(3)19-12/h6-7,10H,5H2,1-4H3,(H2,14,16,17,18). The largest absolute Gasteiger partial charge is 0.444 e. The van der Waals surface area contributed by atoms with Gasteiger partial charge in [0.1, 0.15) is 17.6 Å². The third kappa shape index (κ3) is 3.21. The molecule has 0 spiro atoms. The van der Waals surface area contributed by atoms with Gasteiger partial charge in [0.2, 0.25) is 11.8 Å². The minimum Gasteiger partial charge on any atom is -0.444 e. The van der Waals surface area contributed by atoms with E-state index >= 15 is 0 Å². The number of hydrogen-bond acceptors (Lipinski definition) is 6. The number of nitrogens with zero attached hydrogens (tertiary/aromatic N) is 3. The second-order valence-electron chi connectivity index (χ2n) is 4.43. The van der Waals surface area contributed by atoms with Crippen molar-refractivity contribution >= 4 is 11.8 Å². The lowest BCUT2D eigenvalue weighted by Gasteiger charge is -2.14. The highest BCUT2D eigenvalue weighted by Crippen LogP contribution is 2.20. The third-order valence-electron chi connectivity index (χ3n) is 2.67. The van der Waals surface area contributed by atoms with E-state index in [2.05, 4.69) is 25.6 Å². The second kappa shape index (κ2) is 5.69. The summed E-state index contributed by atoms with van der Waals surface area (Å²) in [5.41, 5.74) is 0.983. The van der Waals surface area contributed by atoms with E-state index in [-0.39, 0.29) is 6.04 Å². The molecule has 0 saturated carbocycles. The molecule has 0 amide bonds. The van der Waals surface area contributed by atoms with Gasteiger partial charge in [0, 0.05) is 18.3 Å². The smallest absolute Gasteiger partial charge is 0.224 e. The Kier molecular flexibility index (Phi) is 3.99. The van der Waals surface area contributed by atoms with Gasteiger partial charge < -0.3 is 15.1 Å². The number of aryl methyl sites for hydroxylation is 2. The minimum absolute atomic E-state index is 0.0447. The van der Waals surface area contributed by atoms with Gasteiger partial charge in [-0.3, -0.25) is 0 Å². The van der Waals surface area contributed by atoms with Crippen LogP contribution in [0.3, 0.4) is 0 Å². The van der Waals surface area contributed by atoms with Gasteiger partial charge in [0.15, 0.2) is 0 Å². The molecule has 0 fully saturated rings. The van der Waals surface area contributed by atoms with E-state index in [1.807, 2.05) is 27.7 Å². The zero-order valence-corrected chi connectivity index (χ0v) is 11.7. The van der Waals surface area contributed by atoms with E-state index in [1.54, 1.807) is 12.4 Å². The average molecular weight is 261 g/mol. The van der Waals surface area contributed by atoms with Crippen LogP contribution in [0.15, 0.2) is 16.8 Å². The van der Waals surface area contributed by atoms with E-state index in [0.717, 1.165) is 23.7 Å². The predicted octanol–water partition coefficient (Wildman–Crippen LogP) is 2.69. The second-order valence-corrected chi connectivity index (χ2v) is 4.43. The average Bonchev–Trinajstić information content (AvgIpc) is 2.80. The zero-order chi connectivity index (χ0) is 13.8. The maximum atomic E-state index is 5.50. The van der Waals surface area contributed by atoms with Crippen LogP contribution in [-0.2, 0) is 0 Å². The van der Waals surface area contributed by atoms with Crippen LogP contribution in [-0.4, -0.2) is 21.5 Å². The van der Waals surface area contributed by atoms with E-state index in [9.17, 15) is 0 Å². The molecule has 19 heavy (non-hydrogen) atoms. The Morgan fingerprint density at radius 3 is 2.68 bits per heavy atom. The fourth-order valence-electron chi connectivity index (χ4n) is 1.67. The van der Waals surface area contributed by atoms with E-state index in [1.165, 1.54) is 0 Å². The van der Waals surface area contributed by atoms with Crippen molar-refractivity contribution in [3.05, 3.63) is 29.6 Å². The van der Waals surface area contributed by atoms with Crippen molar-refractivity contribution < 1.29 is 4.42 Å². The first-order valence-corrected chi connectivity index (χ1v) is 6.36. The Balaban J connectivity index is 2.15. The van der Waals surface area contributed by atoms with Crippen molar-refractivity contribution in [3.8, 4) is 0 Å². The Hall–Kier alpha value is -2.11. The van der Waals surface area contributed by atoms with Gasteiger partial charge in [-0.1, -0.05) is 0 Å².